The number of hydrogen-bond donors (Lipinski definition) is 0. The maximum Gasteiger partial charge on any atom is 2.00 e. The van der Waals surface area contributed by atoms with Crippen molar-refractivity contribution in [1.29, 1.82) is 0 Å². The molecule has 0 atom stereocenters. The molecule has 1 aliphatic carbocycles. The number of carbonyl (C=O) groups excluding carboxylic acids is 2. The smallest absolute Gasteiger partial charge is 0.549 e. The van der Waals surface area contributed by atoms with Crippen LogP contribution in [0, 0.1) is 5.41 Å². The third-order valence-electron chi connectivity index (χ3n) is 2.49. The van der Waals surface area contributed by atoms with Crippen LogP contribution in [-0.4, -0.2) is 11.9 Å². The molecule has 1 fully saturated rings. The Morgan fingerprint density at radius 1 is 0.923 bits per heavy atom. The monoisotopic (exact) mass is 284 g/mol. The van der Waals surface area contributed by atoms with Crippen molar-refractivity contribution in [3.05, 3.63) is 0 Å². The molecule has 0 radical (unpaired) electrons. The maximum atomic E-state index is 10.6. The van der Waals surface area contributed by atoms with Gasteiger partial charge in [-0.15, -0.1) is 0 Å². The van der Waals surface area contributed by atoms with Gasteiger partial charge in [0.2, 0.25) is 0 Å². The van der Waals surface area contributed by atoms with Gasteiger partial charge in [0.1, 0.15) is 0 Å². The van der Waals surface area contributed by atoms with Crippen LogP contribution in [0.2, 0.25) is 0 Å². The second-order valence-electron chi connectivity index (χ2n) is 3.22. The first-order valence-electron chi connectivity index (χ1n) is 4.02. The van der Waals surface area contributed by atoms with Gasteiger partial charge in [-0.3, -0.25) is 0 Å². The minimum absolute atomic E-state index is 0. The average molecular weight is 283 g/mol. The molecule has 0 amide bonds. The van der Waals surface area contributed by atoms with Crippen molar-refractivity contribution in [2.24, 2.45) is 5.41 Å². The van der Waals surface area contributed by atoms with Gasteiger partial charge in [0.15, 0.2) is 0 Å². The first-order valence-corrected chi connectivity index (χ1v) is 4.02. The van der Waals surface area contributed by atoms with E-state index in [0.717, 1.165) is 6.42 Å². The molecule has 0 aliphatic heterocycles. The van der Waals surface area contributed by atoms with E-state index in [2.05, 4.69) is 0 Å². The molecule has 0 bridgehead atoms. The fraction of sp³-hybridized carbons (Fsp3) is 0.750. The number of aliphatic carboxylic acids is 2. The fourth-order valence-corrected chi connectivity index (χ4v) is 1.65. The van der Waals surface area contributed by atoms with E-state index in [9.17, 15) is 19.8 Å². The van der Waals surface area contributed by atoms with Gasteiger partial charge in [-0.25, -0.2) is 0 Å². The second-order valence-corrected chi connectivity index (χ2v) is 3.22. The molecule has 0 aromatic carbocycles. The van der Waals surface area contributed by atoms with Crippen LogP contribution in [0.25, 0.3) is 0 Å². The minimum Gasteiger partial charge on any atom is -0.549 e. The third-order valence-corrected chi connectivity index (χ3v) is 2.49. The Kier molecular flexibility index (Phi) is 4.87. The molecule has 1 aliphatic rings. The van der Waals surface area contributed by atoms with Crippen LogP contribution in [0.1, 0.15) is 32.1 Å². The number of hydrogen-bond acceptors (Lipinski definition) is 4. The fourth-order valence-electron chi connectivity index (χ4n) is 1.65. The first-order chi connectivity index (χ1) is 5.59. The summed E-state index contributed by atoms with van der Waals surface area (Å²) in [6.07, 6.45) is 2.45. The van der Waals surface area contributed by atoms with Gasteiger partial charge in [-0.1, -0.05) is 19.3 Å². The summed E-state index contributed by atoms with van der Waals surface area (Å²) in [5, 5.41) is 21.2. The van der Waals surface area contributed by atoms with Crippen LogP contribution in [-0.2, 0) is 36.9 Å². The second kappa shape index (κ2) is 4.92. The van der Waals surface area contributed by atoms with Gasteiger partial charge in [-0.05, 0) is 12.8 Å². The Morgan fingerprint density at radius 2 is 1.31 bits per heavy atom. The van der Waals surface area contributed by atoms with Gasteiger partial charge >= 0.3 is 27.3 Å². The number of carboxylic acids is 2. The van der Waals surface area contributed by atoms with E-state index < -0.39 is 17.4 Å². The molecule has 0 N–H and O–H groups in total. The summed E-state index contributed by atoms with van der Waals surface area (Å²) in [6, 6.07) is 0. The molecule has 1 rings (SSSR count). The topological polar surface area (TPSA) is 80.3 Å². The van der Waals surface area contributed by atoms with Gasteiger partial charge in [0, 0.05) is 5.41 Å². The molecule has 0 unspecified atom stereocenters. The summed E-state index contributed by atoms with van der Waals surface area (Å²) in [6.45, 7) is 0. The molecule has 0 aromatic heterocycles. The Labute approximate surface area is 96.5 Å². The van der Waals surface area contributed by atoms with Gasteiger partial charge in [0.25, 0.3) is 0 Å². The summed E-state index contributed by atoms with van der Waals surface area (Å²) in [5.74, 6) is -3.00. The number of rotatable bonds is 2. The average Bonchev–Trinajstić information content (AvgIpc) is 2.05. The summed E-state index contributed by atoms with van der Waals surface area (Å²) >= 11 is 0. The summed E-state index contributed by atoms with van der Waals surface area (Å²) in [4.78, 5) is 21.2. The van der Waals surface area contributed by atoms with Crippen molar-refractivity contribution in [2.75, 3.05) is 0 Å². The normalized spacial score (nSPS) is 20.0. The molecule has 4 nitrogen and oxygen atoms in total. The molecule has 5 heteroatoms. The molecule has 1 saturated carbocycles. The summed E-state index contributed by atoms with van der Waals surface area (Å²) in [5.41, 5.74) is -1.71. The predicted molar refractivity (Wildman–Crippen MR) is 35.5 cm³/mol. The van der Waals surface area contributed by atoms with Gasteiger partial charge < -0.3 is 19.8 Å². The van der Waals surface area contributed by atoms with Crippen LogP contribution in [0.5, 0.6) is 0 Å². The molecule has 0 spiro atoms. The van der Waals surface area contributed by atoms with E-state index in [0.29, 0.717) is 12.8 Å². The van der Waals surface area contributed by atoms with E-state index >= 15 is 0 Å². The van der Waals surface area contributed by atoms with E-state index in [1.54, 1.807) is 0 Å². The Morgan fingerprint density at radius 3 is 1.54 bits per heavy atom. The molecule has 68 valence electrons. The van der Waals surface area contributed by atoms with Gasteiger partial charge in [0.05, 0.1) is 11.9 Å². The van der Waals surface area contributed by atoms with Crippen LogP contribution < -0.4 is 10.2 Å². The number of carboxylic acid groups (broad SMARTS) is 2. The van der Waals surface area contributed by atoms with Gasteiger partial charge in [-0.2, -0.15) is 0 Å². The molecule has 0 aromatic rings. The van der Waals surface area contributed by atoms with E-state index in [4.69, 9.17) is 0 Å². The van der Waals surface area contributed by atoms with Crippen molar-refractivity contribution >= 4 is 11.9 Å². The van der Waals surface area contributed by atoms with E-state index in [1.807, 2.05) is 0 Å². The van der Waals surface area contributed by atoms with Crippen LogP contribution in [0.4, 0.5) is 0 Å². The van der Waals surface area contributed by atoms with Crippen molar-refractivity contribution in [3.8, 4) is 0 Å². The van der Waals surface area contributed by atoms with Crippen LogP contribution in [0.15, 0.2) is 0 Å². The zero-order valence-electron chi connectivity index (χ0n) is 7.38. The standard InChI is InChI=1S/C8H12O4.Cd/c9-6(10)8(7(11)12)4-2-1-3-5-8;/h1-5H2,(H,9,10)(H,11,12);/q;+2/p-2. The largest absolute Gasteiger partial charge is 2.00 e. The predicted octanol–water partition coefficient (Wildman–Crippen LogP) is -1.57. The number of carbonyl (C=O) groups is 2. The van der Waals surface area contributed by atoms with Crippen LogP contribution in [0.3, 0.4) is 0 Å². The SMILES string of the molecule is O=C([O-])C1(C(=O)[O-])CCCCC1.[Cd+2]. The van der Waals surface area contributed by atoms with Crippen molar-refractivity contribution in [1.82, 2.24) is 0 Å². The Hall–Kier alpha value is -0.138. The molecular weight excluding hydrogens is 272 g/mol. The molecule has 0 heterocycles. The van der Waals surface area contributed by atoms with Crippen molar-refractivity contribution in [3.63, 3.8) is 0 Å². The Balaban J connectivity index is 0.00000144. The maximum absolute atomic E-state index is 10.6. The van der Waals surface area contributed by atoms with E-state index in [1.165, 1.54) is 0 Å². The summed E-state index contributed by atoms with van der Waals surface area (Å²) in [7, 11) is 0. The Bertz CT molecular complexity index is 192. The van der Waals surface area contributed by atoms with Crippen molar-refractivity contribution in [2.45, 2.75) is 32.1 Å². The quantitative estimate of drug-likeness (QED) is 0.453. The molecule has 13 heavy (non-hydrogen) atoms. The summed E-state index contributed by atoms with van der Waals surface area (Å²) < 4.78 is 0. The molecule has 0 saturated heterocycles. The minimum atomic E-state index is -1.71. The van der Waals surface area contributed by atoms with Crippen LogP contribution >= 0.6 is 0 Å². The third kappa shape index (κ3) is 2.41. The zero-order chi connectivity index (χ0) is 9.19. The van der Waals surface area contributed by atoms with Crippen molar-refractivity contribution < 1.29 is 47.1 Å². The molecular formula is C8H10CdO4. The zero-order valence-corrected chi connectivity index (χ0v) is 11.4. The van der Waals surface area contributed by atoms with E-state index in [-0.39, 0.29) is 40.1 Å². The first kappa shape index (κ1) is 12.9.